The van der Waals surface area contributed by atoms with Crippen molar-refractivity contribution in [1.29, 1.82) is 0 Å². The molecule has 0 amide bonds. The lowest BCUT2D eigenvalue weighted by Gasteiger charge is -2.12. The molecular weight excluding hydrogens is 254 g/mol. The molecule has 0 bridgehead atoms. The van der Waals surface area contributed by atoms with Crippen LogP contribution in [0.3, 0.4) is 0 Å². The standard InChI is InChI=1S/C16H17NO3/c1-3-7-12(15(18)16(19)20-4-2)14-10-11-8-5-6-9-13(11)17-14/h3,5-10,15,17-18H,1,4H2,2H3/b12-7+/t15-/m0/s1. The van der Waals surface area contributed by atoms with Crippen molar-refractivity contribution in [3.8, 4) is 0 Å². The van der Waals surface area contributed by atoms with Crippen LogP contribution in [0.2, 0.25) is 0 Å². The number of fused-ring (bicyclic) bond motifs is 1. The van der Waals surface area contributed by atoms with Crippen LogP contribution >= 0.6 is 0 Å². The number of hydrogen-bond acceptors (Lipinski definition) is 3. The lowest BCUT2D eigenvalue weighted by atomic mass is 10.1. The van der Waals surface area contributed by atoms with Gasteiger partial charge in [0.05, 0.1) is 6.61 Å². The van der Waals surface area contributed by atoms with Crippen LogP contribution in [0.25, 0.3) is 16.5 Å². The third-order valence-electron chi connectivity index (χ3n) is 2.94. The van der Waals surface area contributed by atoms with Gasteiger partial charge in [0.1, 0.15) is 0 Å². The number of aliphatic hydroxyl groups excluding tert-OH is 1. The molecule has 20 heavy (non-hydrogen) atoms. The number of allylic oxidation sites excluding steroid dienone is 2. The highest BCUT2D eigenvalue weighted by atomic mass is 16.5. The van der Waals surface area contributed by atoms with E-state index in [4.69, 9.17) is 4.74 Å². The minimum atomic E-state index is -1.33. The zero-order valence-electron chi connectivity index (χ0n) is 11.3. The lowest BCUT2D eigenvalue weighted by Crippen LogP contribution is -2.24. The fourth-order valence-corrected chi connectivity index (χ4v) is 2.03. The van der Waals surface area contributed by atoms with E-state index in [9.17, 15) is 9.90 Å². The number of hydrogen-bond donors (Lipinski definition) is 2. The van der Waals surface area contributed by atoms with Crippen molar-refractivity contribution in [2.45, 2.75) is 13.0 Å². The first kappa shape index (κ1) is 14.1. The minimum Gasteiger partial charge on any atom is -0.464 e. The summed E-state index contributed by atoms with van der Waals surface area (Å²) in [6.07, 6.45) is 1.80. The van der Waals surface area contributed by atoms with Crippen LogP contribution in [0, 0.1) is 0 Å². The first-order chi connectivity index (χ1) is 9.67. The van der Waals surface area contributed by atoms with E-state index < -0.39 is 12.1 Å². The zero-order chi connectivity index (χ0) is 14.5. The van der Waals surface area contributed by atoms with Crippen molar-refractivity contribution in [3.05, 3.63) is 54.8 Å². The second kappa shape index (κ2) is 6.21. The molecule has 1 atom stereocenters. The van der Waals surface area contributed by atoms with E-state index in [0.717, 1.165) is 10.9 Å². The highest BCUT2D eigenvalue weighted by molar-refractivity contribution is 5.93. The number of para-hydroxylation sites is 1. The van der Waals surface area contributed by atoms with Gasteiger partial charge in [0.15, 0.2) is 6.10 Å². The molecule has 1 aromatic carbocycles. The molecule has 1 heterocycles. The fourth-order valence-electron chi connectivity index (χ4n) is 2.03. The second-order valence-corrected chi connectivity index (χ2v) is 4.28. The monoisotopic (exact) mass is 271 g/mol. The minimum absolute atomic E-state index is 0.226. The van der Waals surface area contributed by atoms with Crippen LogP contribution in [0.1, 0.15) is 12.6 Å². The van der Waals surface area contributed by atoms with Gasteiger partial charge in [0.25, 0.3) is 0 Å². The van der Waals surface area contributed by atoms with Gasteiger partial charge in [-0.1, -0.05) is 36.9 Å². The van der Waals surface area contributed by atoms with Gasteiger partial charge >= 0.3 is 5.97 Å². The number of aliphatic hydroxyl groups is 1. The number of carbonyl (C=O) groups is 1. The summed E-state index contributed by atoms with van der Waals surface area (Å²) in [6, 6.07) is 9.62. The van der Waals surface area contributed by atoms with Crippen molar-refractivity contribution in [1.82, 2.24) is 4.98 Å². The quantitative estimate of drug-likeness (QED) is 0.649. The molecule has 4 nitrogen and oxygen atoms in total. The van der Waals surface area contributed by atoms with Crippen molar-refractivity contribution in [3.63, 3.8) is 0 Å². The van der Waals surface area contributed by atoms with Crippen LogP contribution in [0.15, 0.2) is 49.1 Å². The summed E-state index contributed by atoms with van der Waals surface area (Å²) >= 11 is 0. The van der Waals surface area contributed by atoms with Gasteiger partial charge < -0.3 is 14.8 Å². The number of aromatic amines is 1. The Morgan fingerprint density at radius 3 is 2.90 bits per heavy atom. The summed E-state index contributed by atoms with van der Waals surface area (Å²) in [4.78, 5) is 14.9. The smallest absolute Gasteiger partial charge is 0.339 e. The van der Waals surface area contributed by atoms with E-state index in [1.807, 2.05) is 30.3 Å². The van der Waals surface area contributed by atoms with E-state index in [0.29, 0.717) is 11.3 Å². The van der Waals surface area contributed by atoms with Crippen LogP contribution < -0.4 is 0 Å². The van der Waals surface area contributed by atoms with Gasteiger partial charge in [-0.2, -0.15) is 0 Å². The molecule has 2 rings (SSSR count). The van der Waals surface area contributed by atoms with Crippen LogP contribution in [0.5, 0.6) is 0 Å². The molecule has 0 saturated carbocycles. The molecule has 0 aliphatic heterocycles. The molecule has 0 fully saturated rings. The lowest BCUT2D eigenvalue weighted by molar-refractivity contribution is -0.149. The Hall–Kier alpha value is -2.33. The van der Waals surface area contributed by atoms with Crippen LogP contribution in [-0.2, 0) is 9.53 Å². The van der Waals surface area contributed by atoms with Gasteiger partial charge in [-0.3, -0.25) is 0 Å². The van der Waals surface area contributed by atoms with Crippen LogP contribution in [-0.4, -0.2) is 28.8 Å². The van der Waals surface area contributed by atoms with Crippen LogP contribution in [0.4, 0.5) is 0 Å². The predicted molar refractivity (Wildman–Crippen MR) is 79.1 cm³/mol. The molecule has 0 saturated heterocycles. The average Bonchev–Trinajstić information content (AvgIpc) is 2.87. The fraction of sp³-hybridized carbons (Fsp3) is 0.188. The largest absolute Gasteiger partial charge is 0.464 e. The van der Waals surface area contributed by atoms with E-state index in [2.05, 4.69) is 11.6 Å². The first-order valence-electron chi connectivity index (χ1n) is 6.42. The van der Waals surface area contributed by atoms with E-state index in [1.54, 1.807) is 13.0 Å². The molecule has 2 N–H and O–H groups in total. The summed E-state index contributed by atoms with van der Waals surface area (Å²) in [7, 11) is 0. The summed E-state index contributed by atoms with van der Waals surface area (Å²) in [5.74, 6) is -0.667. The number of esters is 1. The summed E-state index contributed by atoms with van der Waals surface area (Å²) in [5.41, 5.74) is 2.05. The topological polar surface area (TPSA) is 62.3 Å². The normalized spacial score (nSPS) is 13.2. The summed E-state index contributed by atoms with van der Waals surface area (Å²) in [6.45, 7) is 5.54. The van der Waals surface area contributed by atoms with E-state index in [-0.39, 0.29) is 6.61 Å². The molecule has 4 heteroatoms. The maximum Gasteiger partial charge on any atom is 0.339 e. The van der Waals surface area contributed by atoms with Gasteiger partial charge in [-0.05, 0) is 24.4 Å². The number of carbonyl (C=O) groups excluding carboxylic acids is 1. The number of nitrogens with one attached hydrogen (secondary N) is 1. The summed E-state index contributed by atoms with van der Waals surface area (Å²) < 4.78 is 4.85. The number of rotatable bonds is 5. The highest BCUT2D eigenvalue weighted by Gasteiger charge is 2.23. The van der Waals surface area contributed by atoms with Crippen molar-refractivity contribution in [2.75, 3.05) is 6.61 Å². The number of benzene rings is 1. The van der Waals surface area contributed by atoms with Gasteiger partial charge in [0.2, 0.25) is 0 Å². The molecule has 0 aliphatic carbocycles. The Balaban J connectivity index is 2.40. The molecule has 104 valence electrons. The van der Waals surface area contributed by atoms with E-state index >= 15 is 0 Å². The Labute approximate surface area is 117 Å². The Kier molecular flexibility index (Phi) is 4.38. The molecule has 2 aromatic rings. The maximum atomic E-state index is 11.7. The van der Waals surface area contributed by atoms with Gasteiger partial charge in [-0.25, -0.2) is 4.79 Å². The number of H-pyrrole nitrogens is 1. The predicted octanol–water partition coefficient (Wildman–Crippen LogP) is 2.66. The molecule has 0 aliphatic rings. The molecular formula is C16H17NO3. The Morgan fingerprint density at radius 1 is 1.50 bits per heavy atom. The van der Waals surface area contributed by atoms with E-state index in [1.165, 1.54) is 6.08 Å². The van der Waals surface area contributed by atoms with Crippen molar-refractivity contribution >= 4 is 22.4 Å². The second-order valence-electron chi connectivity index (χ2n) is 4.28. The zero-order valence-corrected chi connectivity index (χ0v) is 11.3. The molecule has 0 unspecified atom stereocenters. The third kappa shape index (κ3) is 2.81. The Morgan fingerprint density at radius 2 is 2.25 bits per heavy atom. The SMILES string of the molecule is C=C/C=C(\c1cc2ccccc2[nH]1)[C@H](O)C(=O)OCC. The first-order valence-corrected chi connectivity index (χ1v) is 6.42. The number of aromatic nitrogens is 1. The number of ether oxygens (including phenoxy) is 1. The third-order valence-corrected chi connectivity index (χ3v) is 2.94. The molecule has 1 aromatic heterocycles. The summed E-state index contributed by atoms with van der Waals surface area (Å²) in [5, 5.41) is 11.1. The van der Waals surface area contributed by atoms with Crippen molar-refractivity contribution < 1.29 is 14.6 Å². The average molecular weight is 271 g/mol. The van der Waals surface area contributed by atoms with Gasteiger partial charge in [-0.15, -0.1) is 0 Å². The molecule has 0 spiro atoms. The maximum absolute atomic E-state index is 11.7. The van der Waals surface area contributed by atoms with Gasteiger partial charge in [0, 0.05) is 16.8 Å². The molecule has 0 radical (unpaired) electrons. The highest BCUT2D eigenvalue weighted by Crippen LogP contribution is 2.24. The Bertz CT molecular complexity index is 622. The van der Waals surface area contributed by atoms with Crippen molar-refractivity contribution in [2.24, 2.45) is 0 Å².